The summed E-state index contributed by atoms with van der Waals surface area (Å²) in [5.74, 6) is 0.378. The minimum atomic E-state index is -0.422. The lowest BCUT2D eigenvalue weighted by Gasteiger charge is -2.07. The number of aromatic nitrogens is 2. The van der Waals surface area contributed by atoms with Crippen molar-refractivity contribution in [1.82, 2.24) is 9.97 Å². The van der Waals surface area contributed by atoms with E-state index >= 15 is 0 Å². The lowest BCUT2D eigenvalue weighted by atomic mass is 10.1. The van der Waals surface area contributed by atoms with Gasteiger partial charge in [-0.1, -0.05) is 12.1 Å². The van der Waals surface area contributed by atoms with Gasteiger partial charge in [-0.05, 0) is 30.7 Å². The second-order valence-corrected chi connectivity index (χ2v) is 5.95. The van der Waals surface area contributed by atoms with Gasteiger partial charge in [-0.2, -0.15) is 0 Å². The third kappa shape index (κ3) is 2.85. The fourth-order valence-electron chi connectivity index (χ4n) is 2.14. The van der Waals surface area contributed by atoms with Gasteiger partial charge in [0, 0.05) is 17.0 Å². The fraction of sp³-hybridized carbons (Fsp3) is 0.133. The molecule has 2 heterocycles. The summed E-state index contributed by atoms with van der Waals surface area (Å²) in [5, 5.41) is 4.31. The summed E-state index contributed by atoms with van der Waals surface area (Å²) < 4.78 is 0. The van der Waals surface area contributed by atoms with Crippen LogP contribution in [0.5, 0.6) is 0 Å². The molecule has 0 bridgehead atoms. The van der Waals surface area contributed by atoms with Crippen molar-refractivity contribution < 1.29 is 4.79 Å². The molecule has 21 heavy (non-hydrogen) atoms. The first-order chi connectivity index (χ1) is 10.1. The molecule has 0 spiro atoms. The number of fused-ring (bicyclic) bond motifs is 1. The highest BCUT2D eigenvalue weighted by Crippen LogP contribution is 2.27. The number of aryl methyl sites for hydroxylation is 1. The SMILES string of the molecule is Cc1cc2c(NCc3cccc(C(N)=O)c3)ncnc2s1. The zero-order valence-electron chi connectivity index (χ0n) is 11.5. The molecule has 3 N–H and O–H groups in total. The summed E-state index contributed by atoms with van der Waals surface area (Å²) in [7, 11) is 0. The molecule has 0 saturated carbocycles. The molecule has 0 saturated heterocycles. The maximum atomic E-state index is 11.2. The maximum absolute atomic E-state index is 11.2. The quantitative estimate of drug-likeness (QED) is 0.776. The molecule has 0 aliphatic heterocycles. The molecule has 0 aliphatic rings. The number of nitrogens with two attached hydrogens (primary N) is 1. The smallest absolute Gasteiger partial charge is 0.248 e. The Kier molecular flexibility index (Phi) is 3.53. The molecule has 0 unspecified atom stereocenters. The standard InChI is InChI=1S/C15H14N4OS/c1-9-5-12-14(18-8-19-15(12)21-9)17-7-10-3-2-4-11(6-10)13(16)20/h2-6,8H,7H2,1H3,(H2,16,20)(H,17,18,19). The topological polar surface area (TPSA) is 80.9 Å². The zero-order valence-corrected chi connectivity index (χ0v) is 12.3. The summed E-state index contributed by atoms with van der Waals surface area (Å²) >= 11 is 1.64. The van der Waals surface area contributed by atoms with Crippen LogP contribution >= 0.6 is 11.3 Å². The van der Waals surface area contributed by atoms with Crippen LogP contribution < -0.4 is 11.1 Å². The predicted molar refractivity (Wildman–Crippen MR) is 84.4 cm³/mol. The second kappa shape index (κ2) is 5.49. The molecule has 3 rings (SSSR count). The number of anilines is 1. The van der Waals surface area contributed by atoms with E-state index in [2.05, 4.69) is 21.4 Å². The molecule has 106 valence electrons. The number of hydrogen-bond donors (Lipinski definition) is 2. The van der Waals surface area contributed by atoms with Crippen LogP contribution in [-0.4, -0.2) is 15.9 Å². The molecule has 3 aromatic rings. The Morgan fingerprint density at radius 3 is 3.00 bits per heavy atom. The maximum Gasteiger partial charge on any atom is 0.248 e. The Bertz CT molecular complexity index is 812. The van der Waals surface area contributed by atoms with Crippen molar-refractivity contribution in [3.63, 3.8) is 0 Å². The van der Waals surface area contributed by atoms with E-state index in [4.69, 9.17) is 5.73 Å². The lowest BCUT2D eigenvalue weighted by Crippen LogP contribution is -2.11. The molecule has 0 radical (unpaired) electrons. The first kappa shape index (κ1) is 13.5. The largest absolute Gasteiger partial charge is 0.366 e. The van der Waals surface area contributed by atoms with Crippen LogP contribution in [-0.2, 0) is 6.54 Å². The Labute approximate surface area is 125 Å². The number of carbonyl (C=O) groups is 1. The second-order valence-electron chi connectivity index (χ2n) is 4.72. The minimum absolute atomic E-state index is 0.422. The van der Waals surface area contributed by atoms with Crippen LogP contribution in [0.1, 0.15) is 20.8 Å². The Morgan fingerprint density at radius 2 is 2.19 bits per heavy atom. The van der Waals surface area contributed by atoms with E-state index < -0.39 is 5.91 Å². The van der Waals surface area contributed by atoms with E-state index in [-0.39, 0.29) is 0 Å². The molecule has 5 nitrogen and oxygen atoms in total. The summed E-state index contributed by atoms with van der Waals surface area (Å²) in [6.07, 6.45) is 1.56. The van der Waals surface area contributed by atoms with Gasteiger partial charge in [-0.3, -0.25) is 4.79 Å². The van der Waals surface area contributed by atoms with Crippen molar-refractivity contribution >= 4 is 33.3 Å². The average molecular weight is 298 g/mol. The van der Waals surface area contributed by atoms with E-state index in [1.807, 2.05) is 19.1 Å². The number of hydrogen-bond acceptors (Lipinski definition) is 5. The normalized spacial score (nSPS) is 10.7. The number of amides is 1. The number of benzene rings is 1. The van der Waals surface area contributed by atoms with Gasteiger partial charge < -0.3 is 11.1 Å². The number of nitrogens with zero attached hydrogens (tertiary/aromatic N) is 2. The summed E-state index contributed by atoms with van der Waals surface area (Å²) in [6.45, 7) is 2.62. The van der Waals surface area contributed by atoms with Gasteiger partial charge in [0.1, 0.15) is 17.0 Å². The summed E-state index contributed by atoms with van der Waals surface area (Å²) in [4.78, 5) is 21.9. The van der Waals surface area contributed by atoms with E-state index in [0.29, 0.717) is 12.1 Å². The predicted octanol–water partition coefficient (Wildman–Crippen LogP) is 2.71. The minimum Gasteiger partial charge on any atom is -0.366 e. The Morgan fingerprint density at radius 1 is 1.33 bits per heavy atom. The average Bonchev–Trinajstić information content (AvgIpc) is 2.86. The van der Waals surface area contributed by atoms with Crippen LogP contribution in [0, 0.1) is 6.92 Å². The highest BCUT2D eigenvalue weighted by molar-refractivity contribution is 7.18. The van der Waals surface area contributed by atoms with Gasteiger partial charge in [-0.25, -0.2) is 9.97 Å². The number of thiophene rings is 1. The van der Waals surface area contributed by atoms with Crippen molar-refractivity contribution in [2.24, 2.45) is 5.73 Å². The fourth-order valence-corrected chi connectivity index (χ4v) is 2.98. The third-order valence-electron chi connectivity index (χ3n) is 3.12. The molecule has 0 fully saturated rings. The summed E-state index contributed by atoms with van der Waals surface area (Å²) in [6, 6.07) is 9.32. The van der Waals surface area contributed by atoms with E-state index in [9.17, 15) is 4.79 Å². The monoisotopic (exact) mass is 298 g/mol. The van der Waals surface area contributed by atoms with Gasteiger partial charge in [0.05, 0.1) is 5.39 Å². The van der Waals surface area contributed by atoms with Gasteiger partial charge >= 0.3 is 0 Å². The molecule has 1 aromatic carbocycles. The van der Waals surface area contributed by atoms with Crippen molar-refractivity contribution in [2.45, 2.75) is 13.5 Å². The van der Waals surface area contributed by atoms with E-state index in [1.54, 1.807) is 29.8 Å². The van der Waals surface area contributed by atoms with Gasteiger partial charge in [0.15, 0.2) is 0 Å². The molecule has 6 heteroatoms. The first-order valence-electron chi connectivity index (χ1n) is 6.47. The molecular weight excluding hydrogens is 284 g/mol. The molecule has 0 atom stereocenters. The van der Waals surface area contributed by atoms with Crippen molar-refractivity contribution in [3.8, 4) is 0 Å². The number of rotatable bonds is 4. The van der Waals surface area contributed by atoms with Gasteiger partial charge in [0.2, 0.25) is 5.91 Å². The van der Waals surface area contributed by atoms with Crippen LogP contribution in [0.15, 0.2) is 36.7 Å². The van der Waals surface area contributed by atoms with Crippen LogP contribution in [0.4, 0.5) is 5.82 Å². The zero-order chi connectivity index (χ0) is 14.8. The van der Waals surface area contributed by atoms with E-state index in [0.717, 1.165) is 21.6 Å². The molecule has 1 amide bonds. The van der Waals surface area contributed by atoms with Gasteiger partial charge in [-0.15, -0.1) is 11.3 Å². The van der Waals surface area contributed by atoms with Gasteiger partial charge in [0.25, 0.3) is 0 Å². The van der Waals surface area contributed by atoms with Crippen LogP contribution in [0.25, 0.3) is 10.2 Å². The number of primary amides is 1. The number of nitrogens with one attached hydrogen (secondary N) is 1. The van der Waals surface area contributed by atoms with E-state index in [1.165, 1.54) is 4.88 Å². The van der Waals surface area contributed by atoms with Crippen LogP contribution in [0.2, 0.25) is 0 Å². The third-order valence-corrected chi connectivity index (χ3v) is 4.08. The summed E-state index contributed by atoms with van der Waals surface area (Å²) in [5.41, 5.74) is 6.77. The number of carbonyl (C=O) groups excluding carboxylic acids is 1. The first-order valence-corrected chi connectivity index (χ1v) is 7.29. The van der Waals surface area contributed by atoms with Crippen molar-refractivity contribution in [2.75, 3.05) is 5.32 Å². The Hall–Kier alpha value is -2.47. The molecular formula is C15H14N4OS. The molecule has 2 aromatic heterocycles. The lowest BCUT2D eigenvalue weighted by molar-refractivity contribution is 0.1000. The van der Waals surface area contributed by atoms with Crippen LogP contribution in [0.3, 0.4) is 0 Å². The van der Waals surface area contributed by atoms with Crippen molar-refractivity contribution in [1.29, 1.82) is 0 Å². The van der Waals surface area contributed by atoms with Crippen molar-refractivity contribution in [3.05, 3.63) is 52.7 Å². The molecule has 0 aliphatic carbocycles. The highest BCUT2D eigenvalue weighted by Gasteiger charge is 2.07. The highest BCUT2D eigenvalue weighted by atomic mass is 32.1. The Balaban J connectivity index is 1.83.